The van der Waals surface area contributed by atoms with Gasteiger partial charge in [0.15, 0.2) is 0 Å². The van der Waals surface area contributed by atoms with E-state index in [1.165, 1.54) is 11.1 Å². The maximum Gasteiger partial charge on any atom is 0.0387 e. The zero-order valence-corrected chi connectivity index (χ0v) is 10.5. The van der Waals surface area contributed by atoms with Crippen LogP contribution in [0.2, 0.25) is 0 Å². The van der Waals surface area contributed by atoms with Gasteiger partial charge < -0.3 is 5.73 Å². The molecule has 1 heteroatoms. The average molecular weight is 235 g/mol. The highest BCUT2D eigenvalue weighted by molar-refractivity contribution is 5.71. The molecule has 1 nitrogen and oxygen atoms in total. The molecular formula is C17H17N. The van der Waals surface area contributed by atoms with Crippen LogP contribution in [-0.4, -0.2) is 0 Å². The Balaban J connectivity index is 2.37. The van der Waals surface area contributed by atoms with E-state index in [0.717, 1.165) is 11.3 Å². The summed E-state index contributed by atoms with van der Waals surface area (Å²) in [5.41, 5.74) is 10.3. The van der Waals surface area contributed by atoms with Crippen molar-refractivity contribution in [3.8, 4) is 11.1 Å². The Kier molecular flexibility index (Phi) is 3.98. The Hall–Kier alpha value is -2.28. The van der Waals surface area contributed by atoms with Crippen LogP contribution in [0.4, 0.5) is 0 Å². The molecule has 2 rings (SSSR count). The lowest BCUT2D eigenvalue weighted by molar-refractivity contribution is 1.50. The van der Waals surface area contributed by atoms with Crippen molar-refractivity contribution in [2.45, 2.75) is 6.92 Å². The largest absolute Gasteiger partial charge is 0.398 e. The van der Waals surface area contributed by atoms with E-state index in [2.05, 4.69) is 24.3 Å². The van der Waals surface area contributed by atoms with Gasteiger partial charge in [-0.05, 0) is 35.8 Å². The molecule has 0 amide bonds. The number of rotatable bonds is 3. The molecule has 0 spiro atoms. The summed E-state index contributed by atoms with van der Waals surface area (Å²) in [5, 5.41) is 0. The fraction of sp³-hybridized carbons (Fsp3) is 0.0588. The number of allylic oxidation sites excluding steroid dienone is 3. The molecule has 0 heterocycles. The minimum Gasteiger partial charge on any atom is -0.398 e. The molecule has 0 fully saturated rings. The van der Waals surface area contributed by atoms with Gasteiger partial charge in [-0.1, -0.05) is 60.7 Å². The fourth-order valence-corrected chi connectivity index (χ4v) is 1.81. The smallest absolute Gasteiger partial charge is 0.0387 e. The highest BCUT2D eigenvalue weighted by Crippen LogP contribution is 2.21. The zero-order chi connectivity index (χ0) is 12.8. The van der Waals surface area contributed by atoms with Gasteiger partial charge in [-0.25, -0.2) is 0 Å². The van der Waals surface area contributed by atoms with E-state index in [9.17, 15) is 0 Å². The van der Waals surface area contributed by atoms with Crippen LogP contribution in [0.1, 0.15) is 12.5 Å². The molecule has 0 aliphatic carbocycles. The van der Waals surface area contributed by atoms with Crippen LogP contribution in [0.3, 0.4) is 0 Å². The van der Waals surface area contributed by atoms with Crippen LogP contribution in [0.5, 0.6) is 0 Å². The fourth-order valence-electron chi connectivity index (χ4n) is 1.81. The Labute approximate surface area is 108 Å². The molecule has 0 saturated heterocycles. The van der Waals surface area contributed by atoms with Gasteiger partial charge in [-0.15, -0.1) is 0 Å². The maximum atomic E-state index is 6.04. The van der Waals surface area contributed by atoms with Crippen LogP contribution in [-0.2, 0) is 0 Å². The minimum atomic E-state index is 0.783. The zero-order valence-electron chi connectivity index (χ0n) is 10.5. The van der Waals surface area contributed by atoms with Crippen LogP contribution in [0.25, 0.3) is 16.8 Å². The van der Waals surface area contributed by atoms with Crippen molar-refractivity contribution in [3.05, 3.63) is 78.4 Å². The van der Waals surface area contributed by atoms with E-state index in [0.29, 0.717) is 0 Å². The first kappa shape index (κ1) is 12.2. The summed E-state index contributed by atoms with van der Waals surface area (Å²) in [7, 11) is 0. The lowest BCUT2D eigenvalue weighted by atomic mass is 10.0. The van der Waals surface area contributed by atoms with Crippen molar-refractivity contribution >= 4 is 5.70 Å². The van der Waals surface area contributed by atoms with Crippen LogP contribution >= 0.6 is 0 Å². The van der Waals surface area contributed by atoms with E-state index in [4.69, 9.17) is 5.73 Å². The molecule has 0 aliphatic rings. The first-order chi connectivity index (χ1) is 8.81. The summed E-state index contributed by atoms with van der Waals surface area (Å²) < 4.78 is 0. The molecule has 0 aromatic heterocycles. The van der Waals surface area contributed by atoms with E-state index in [-0.39, 0.29) is 0 Å². The second-order valence-corrected chi connectivity index (χ2v) is 4.09. The van der Waals surface area contributed by atoms with Crippen molar-refractivity contribution < 1.29 is 0 Å². The second-order valence-electron chi connectivity index (χ2n) is 4.09. The topological polar surface area (TPSA) is 26.0 Å². The number of hydrogen-bond donors (Lipinski definition) is 1. The molecule has 0 saturated carbocycles. The summed E-state index contributed by atoms with van der Waals surface area (Å²) in [4.78, 5) is 0. The first-order valence-electron chi connectivity index (χ1n) is 6.05. The third kappa shape index (κ3) is 2.89. The Morgan fingerprint density at radius 2 is 1.67 bits per heavy atom. The standard InChI is InChI=1S/C17H17N/c1-2-3-12-17(18)16-11-7-10-15(13-16)14-8-5-4-6-9-14/h2-13H,18H2,1H3/b3-2-,17-12-. The lowest BCUT2D eigenvalue weighted by Gasteiger charge is -2.05. The maximum absolute atomic E-state index is 6.04. The Morgan fingerprint density at radius 3 is 2.39 bits per heavy atom. The van der Waals surface area contributed by atoms with Gasteiger partial charge >= 0.3 is 0 Å². The molecule has 0 bridgehead atoms. The summed E-state index contributed by atoms with van der Waals surface area (Å²) >= 11 is 0. The van der Waals surface area contributed by atoms with Crippen LogP contribution in [0, 0.1) is 0 Å². The predicted octanol–water partition coefficient (Wildman–Crippen LogP) is 4.23. The highest BCUT2D eigenvalue weighted by Gasteiger charge is 2.00. The molecule has 2 aromatic carbocycles. The molecule has 0 aliphatic heterocycles. The van der Waals surface area contributed by atoms with Gasteiger partial charge in [-0.3, -0.25) is 0 Å². The molecular weight excluding hydrogens is 218 g/mol. The summed E-state index contributed by atoms with van der Waals surface area (Å²) in [6, 6.07) is 18.6. The van der Waals surface area contributed by atoms with Gasteiger partial charge in [-0.2, -0.15) is 0 Å². The van der Waals surface area contributed by atoms with E-state index in [1.807, 2.05) is 55.5 Å². The molecule has 90 valence electrons. The van der Waals surface area contributed by atoms with Gasteiger partial charge in [0.1, 0.15) is 0 Å². The van der Waals surface area contributed by atoms with Crippen molar-refractivity contribution in [3.63, 3.8) is 0 Å². The Morgan fingerprint density at radius 1 is 0.944 bits per heavy atom. The van der Waals surface area contributed by atoms with Crippen LogP contribution in [0.15, 0.2) is 72.8 Å². The average Bonchev–Trinajstić information content (AvgIpc) is 2.46. The first-order valence-corrected chi connectivity index (χ1v) is 6.05. The van der Waals surface area contributed by atoms with Gasteiger partial charge in [0.05, 0.1) is 0 Å². The number of nitrogens with two attached hydrogens (primary N) is 1. The SMILES string of the molecule is C/C=C\C=C(/N)c1cccc(-c2ccccc2)c1. The van der Waals surface area contributed by atoms with E-state index in [1.54, 1.807) is 0 Å². The number of hydrogen-bond acceptors (Lipinski definition) is 1. The molecule has 2 aromatic rings. The Bertz CT molecular complexity index is 565. The predicted molar refractivity (Wildman–Crippen MR) is 78.9 cm³/mol. The summed E-state index contributed by atoms with van der Waals surface area (Å²) in [6.45, 7) is 1.98. The lowest BCUT2D eigenvalue weighted by Crippen LogP contribution is -1.95. The second kappa shape index (κ2) is 5.87. The monoisotopic (exact) mass is 235 g/mol. The van der Waals surface area contributed by atoms with Crippen molar-refractivity contribution in [1.29, 1.82) is 0 Å². The van der Waals surface area contributed by atoms with Gasteiger partial charge in [0.2, 0.25) is 0 Å². The normalized spacial score (nSPS) is 11.9. The van der Waals surface area contributed by atoms with Crippen molar-refractivity contribution in [1.82, 2.24) is 0 Å². The third-order valence-electron chi connectivity index (χ3n) is 2.77. The molecule has 0 radical (unpaired) electrons. The molecule has 0 atom stereocenters. The minimum absolute atomic E-state index is 0.783. The molecule has 2 N–H and O–H groups in total. The van der Waals surface area contributed by atoms with E-state index >= 15 is 0 Å². The van der Waals surface area contributed by atoms with Gasteiger partial charge in [0, 0.05) is 5.70 Å². The highest BCUT2D eigenvalue weighted by atomic mass is 14.6. The summed E-state index contributed by atoms with van der Waals surface area (Å²) in [5.74, 6) is 0. The molecule has 0 unspecified atom stereocenters. The number of benzene rings is 2. The van der Waals surface area contributed by atoms with E-state index < -0.39 is 0 Å². The quantitative estimate of drug-likeness (QED) is 0.792. The summed E-state index contributed by atoms with van der Waals surface area (Å²) in [6.07, 6.45) is 5.84. The van der Waals surface area contributed by atoms with Crippen LogP contribution < -0.4 is 5.73 Å². The van der Waals surface area contributed by atoms with Gasteiger partial charge in [0.25, 0.3) is 0 Å². The molecule has 18 heavy (non-hydrogen) atoms. The van der Waals surface area contributed by atoms with Crippen molar-refractivity contribution in [2.75, 3.05) is 0 Å². The third-order valence-corrected chi connectivity index (χ3v) is 2.77. The van der Waals surface area contributed by atoms with Crippen molar-refractivity contribution in [2.24, 2.45) is 5.73 Å².